The molecule has 0 aliphatic heterocycles. The van der Waals surface area contributed by atoms with Gasteiger partial charge in [0.25, 0.3) is 0 Å². The molecule has 0 spiro atoms. The first kappa shape index (κ1) is 10.8. The maximum absolute atomic E-state index is 9.37. The molecule has 0 aliphatic rings. The highest BCUT2D eigenvalue weighted by molar-refractivity contribution is 6.24. The molecule has 0 saturated carbocycles. The summed E-state index contributed by atoms with van der Waals surface area (Å²) >= 11 is 0. The highest BCUT2D eigenvalue weighted by atomic mass is 14.2. The molecule has 0 heterocycles. The van der Waals surface area contributed by atoms with Gasteiger partial charge in [-0.05, 0) is 82.5 Å². The molecule has 0 radical (unpaired) electrons. The molecule has 8 aromatic rings. The minimum absolute atomic E-state index is 0.00892. The van der Waals surface area contributed by atoms with Crippen LogP contribution in [0.15, 0.2) is 157 Å². The van der Waals surface area contributed by atoms with Crippen LogP contribution in [0.1, 0.15) is 26.0 Å². The third-order valence-corrected chi connectivity index (χ3v) is 6.88. The summed E-state index contributed by atoms with van der Waals surface area (Å²) in [5.41, 5.74) is -0.876. The number of benzene rings is 8. The largest absolute Gasteiger partial charge is 0.0636 e. The van der Waals surface area contributed by atoms with Crippen molar-refractivity contribution >= 4 is 43.1 Å². The van der Waals surface area contributed by atoms with Crippen LogP contribution in [0, 0.1) is 0 Å². The van der Waals surface area contributed by atoms with Gasteiger partial charge >= 0.3 is 0 Å². The zero-order chi connectivity index (χ0) is 43.0. The van der Waals surface area contributed by atoms with E-state index >= 15 is 0 Å². The highest BCUT2D eigenvalue weighted by Crippen LogP contribution is 2.46. The van der Waals surface area contributed by atoms with Crippen molar-refractivity contribution in [1.82, 2.24) is 0 Å². The summed E-state index contributed by atoms with van der Waals surface area (Å²) in [6.45, 7) is 0. The van der Waals surface area contributed by atoms with Gasteiger partial charge in [-0.2, -0.15) is 0 Å². The molecule has 40 heavy (non-hydrogen) atoms. The SMILES string of the molecule is [2H]c1c([2H])c([2H])c(-c2c3ccccc3c(-c3c([2H])c([2H])c([2H])c4c(-c5c([2H])c([2H])c6c([2H])c([2H])c([2H])c([2H])c6c5[2H])cccc34)c3c([2H])c([2H])c([2H])c([2H])c23)c([2H])c1[2H]. The topological polar surface area (TPSA) is 0 Å². The van der Waals surface area contributed by atoms with Gasteiger partial charge in [0.05, 0.1) is 26.0 Å². The maximum atomic E-state index is 9.37. The van der Waals surface area contributed by atoms with Gasteiger partial charge in [-0.3, -0.25) is 0 Å². The van der Waals surface area contributed by atoms with E-state index in [2.05, 4.69) is 0 Å². The summed E-state index contributed by atoms with van der Waals surface area (Å²) in [6.07, 6.45) is 0. The summed E-state index contributed by atoms with van der Waals surface area (Å²) in [5.74, 6) is 0. The first-order chi connectivity index (χ1) is 27.8. The standard InChI is InChI=1S/C40H26/c1-2-13-28(14-3-1)39-35-16-6-8-18-37(35)40(38-19-9-7-17-36(38)39)34-23-11-21-32-31(20-10-22-33(32)34)30-25-24-27-12-4-5-15-29(27)26-30/h1-26H/i1D,2D,3D,4D,5D,6D,8D,11D,12D,13D,14D,15D,16D,18D,21D,23D,24D,25D,26D. The smallest absolute Gasteiger partial charge is 0.0622 e. The van der Waals surface area contributed by atoms with Crippen LogP contribution < -0.4 is 0 Å². The van der Waals surface area contributed by atoms with Gasteiger partial charge in [-0.15, -0.1) is 0 Å². The second-order valence-corrected chi connectivity index (χ2v) is 9.02. The van der Waals surface area contributed by atoms with Gasteiger partial charge in [-0.1, -0.05) is 151 Å². The molecule has 0 saturated heterocycles. The monoisotopic (exact) mass is 525 g/mol. The molecule has 0 atom stereocenters. The van der Waals surface area contributed by atoms with Crippen molar-refractivity contribution in [2.24, 2.45) is 0 Å². The summed E-state index contributed by atoms with van der Waals surface area (Å²) in [7, 11) is 0. The van der Waals surface area contributed by atoms with E-state index < -0.39 is 115 Å². The lowest BCUT2D eigenvalue weighted by Gasteiger charge is -2.19. The molecule has 0 aromatic heterocycles. The first-order valence-corrected chi connectivity index (χ1v) is 12.3. The zero-order valence-corrected chi connectivity index (χ0v) is 20.5. The Labute approximate surface area is 260 Å². The second kappa shape index (κ2) is 9.22. The Bertz CT molecular complexity index is 3230. The van der Waals surface area contributed by atoms with Crippen LogP contribution in [0.3, 0.4) is 0 Å². The average Bonchev–Trinajstić information content (AvgIpc) is 3.22. The van der Waals surface area contributed by atoms with Crippen molar-refractivity contribution in [2.75, 3.05) is 0 Å². The van der Waals surface area contributed by atoms with E-state index in [9.17, 15) is 6.85 Å². The molecule has 0 aliphatic carbocycles. The fourth-order valence-corrected chi connectivity index (χ4v) is 5.21. The average molecular weight is 526 g/mol. The lowest BCUT2D eigenvalue weighted by molar-refractivity contribution is 1.65. The third kappa shape index (κ3) is 3.54. The van der Waals surface area contributed by atoms with Crippen molar-refractivity contribution in [1.29, 1.82) is 0 Å². The number of rotatable bonds is 3. The quantitative estimate of drug-likeness (QED) is 0.201. The van der Waals surface area contributed by atoms with E-state index in [1.165, 1.54) is 18.2 Å². The number of hydrogen-bond acceptors (Lipinski definition) is 0. The van der Waals surface area contributed by atoms with Crippen molar-refractivity contribution in [3.8, 4) is 33.4 Å². The van der Waals surface area contributed by atoms with Crippen LogP contribution in [-0.4, -0.2) is 0 Å². The van der Waals surface area contributed by atoms with E-state index in [0.29, 0.717) is 0 Å². The van der Waals surface area contributed by atoms with Gasteiger partial charge in [0, 0.05) is 0 Å². The fourth-order valence-electron chi connectivity index (χ4n) is 5.21. The van der Waals surface area contributed by atoms with Crippen LogP contribution in [0.5, 0.6) is 0 Å². The molecule has 0 nitrogen and oxygen atoms in total. The summed E-state index contributed by atoms with van der Waals surface area (Å²) in [6, 6.07) is -1.25. The van der Waals surface area contributed by atoms with Crippen molar-refractivity contribution < 1.29 is 26.0 Å². The van der Waals surface area contributed by atoms with Crippen LogP contribution in [0.25, 0.3) is 76.5 Å². The van der Waals surface area contributed by atoms with Crippen LogP contribution in [0.2, 0.25) is 0 Å². The summed E-state index contributed by atoms with van der Waals surface area (Å²) in [5, 5.41) is -0.807. The Morgan fingerprint density at radius 3 is 1.82 bits per heavy atom. The van der Waals surface area contributed by atoms with E-state index in [4.69, 9.17) is 19.2 Å². The van der Waals surface area contributed by atoms with Crippen molar-refractivity contribution in [2.45, 2.75) is 0 Å². The van der Waals surface area contributed by atoms with Crippen LogP contribution >= 0.6 is 0 Å². The molecule has 0 N–H and O–H groups in total. The number of hydrogen-bond donors (Lipinski definition) is 0. The molecule has 8 aromatic carbocycles. The molecule has 0 amide bonds. The van der Waals surface area contributed by atoms with E-state index in [1.807, 2.05) is 0 Å². The first-order valence-electron chi connectivity index (χ1n) is 21.8. The molecular formula is C40H26. The second-order valence-electron chi connectivity index (χ2n) is 9.02. The minimum atomic E-state index is -0.690. The predicted molar refractivity (Wildman–Crippen MR) is 173 cm³/mol. The van der Waals surface area contributed by atoms with Crippen molar-refractivity contribution in [3.63, 3.8) is 0 Å². The van der Waals surface area contributed by atoms with Crippen molar-refractivity contribution in [3.05, 3.63) is 157 Å². The molecule has 0 heteroatoms. The summed E-state index contributed by atoms with van der Waals surface area (Å²) < 4.78 is 167. The maximum Gasteiger partial charge on any atom is 0.0636 e. The van der Waals surface area contributed by atoms with Gasteiger partial charge in [0.1, 0.15) is 0 Å². The van der Waals surface area contributed by atoms with E-state index in [-0.39, 0.29) is 76.5 Å². The molecule has 8 rings (SSSR count). The van der Waals surface area contributed by atoms with Crippen LogP contribution in [0.4, 0.5) is 0 Å². The molecule has 0 bridgehead atoms. The molecule has 0 unspecified atom stereocenters. The zero-order valence-electron chi connectivity index (χ0n) is 39.5. The lowest BCUT2D eigenvalue weighted by atomic mass is 9.84. The van der Waals surface area contributed by atoms with E-state index in [1.54, 1.807) is 24.3 Å². The Morgan fingerprint density at radius 2 is 1.00 bits per heavy atom. The molecule has 0 fully saturated rings. The predicted octanol–water partition coefficient (Wildman–Crippen LogP) is 11.3. The van der Waals surface area contributed by atoms with Gasteiger partial charge in [0.2, 0.25) is 0 Å². The minimum Gasteiger partial charge on any atom is -0.0622 e. The highest BCUT2D eigenvalue weighted by Gasteiger charge is 2.18. The third-order valence-electron chi connectivity index (χ3n) is 6.88. The molecule has 186 valence electrons. The Balaban J connectivity index is 1.63. The fraction of sp³-hybridized carbons (Fsp3) is 0. The Hall–Kier alpha value is -5.20. The number of fused-ring (bicyclic) bond motifs is 4. The Morgan fingerprint density at radius 1 is 0.350 bits per heavy atom. The van der Waals surface area contributed by atoms with Gasteiger partial charge < -0.3 is 0 Å². The molecular weight excluding hydrogens is 480 g/mol. The van der Waals surface area contributed by atoms with Crippen LogP contribution in [-0.2, 0) is 0 Å². The summed E-state index contributed by atoms with van der Waals surface area (Å²) in [4.78, 5) is 0. The normalized spacial score (nSPS) is 18.1. The van der Waals surface area contributed by atoms with Gasteiger partial charge in [0.15, 0.2) is 0 Å². The van der Waals surface area contributed by atoms with Gasteiger partial charge in [-0.25, -0.2) is 0 Å². The van der Waals surface area contributed by atoms with E-state index in [0.717, 1.165) is 0 Å². The Kier molecular flexibility index (Phi) is 2.48. The lowest BCUT2D eigenvalue weighted by Crippen LogP contribution is -1.92.